The van der Waals surface area contributed by atoms with Gasteiger partial charge in [0.05, 0.1) is 0 Å². The Bertz CT molecular complexity index is 547. The fourth-order valence-corrected chi connectivity index (χ4v) is 2.65. The van der Waals surface area contributed by atoms with Crippen molar-refractivity contribution in [3.8, 4) is 11.1 Å². The van der Waals surface area contributed by atoms with E-state index in [4.69, 9.17) is 34.8 Å². The lowest BCUT2D eigenvalue weighted by molar-refractivity contribution is 0.818. The van der Waals surface area contributed by atoms with E-state index in [1.165, 1.54) is 0 Å². The summed E-state index contributed by atoms with van der Waals surface area (Å²) in [5, 5.41) is 4.99. The monoisotopic (exact) mass is 299 g/mol. The number of benzene rings is 2. The van der Waals surface area contributed by atoms with Crippen LogP contribution in [0.2, 0.25) is 15.1 Å². The molecule has 0 radical (unpaired) electrons. The third-order valence-electron chi connectivity index (χ3n) is 2.59. The Kier molecular flexibility index (Phi) is 4.52. The Hall–Kier alpha value is -0.730. The third-order valence-corrected chi connectivity index (χ3v) is 3.34. The van der Waals surface area contributed by atoms with Crippen molar-refractivity contribution >= 4 is 34.8 Å². The maximum absolute atomic E-state index is 6.29. The Morgan fingerprint density at radius 3 is 2.17 bits per heavy atom. The van der Waals surface area contributed by atoms with Crippen molar-refractivity contribution in [2.45, 2.75) is 6.54 Å². The van der Waals surface area contributed by atoms with Crippen molar-refractivity contribution < 1.29 is 0 Å². The Morgan fingerprint density at radius 2 is 1.61 bits per heavy atom. The van der Waals surface area contributed by atoms with Crippen LogP contribution in [0.5, 0.6) is 0 Å². The minimum Gasteiger partial charge on any atom is -0.316 e. The molecular formula is C14H12Cl3N. The highest BCUT2D eigenvalue weighted by molar-refractivity contribution is 6.36. The van der Waals surface area contributed by atoms with Gasteiger partial charge >= 0.3 is 0 Å². The number of halogens is 3. The predicted octanol–water partition coefficient (Wildman–Crippen LogP) is 5.03. The van der Waals surface area contributed by atoms with E-state index in [-0.39, 0.29) is 0 Å². The summed E-state index contributed by atoms with van der Waals surface area (Å²) in [7, 11) is 1.90. The molecule has 1 nitrogen and oxygen atoms in total. The number of hydrogen-bond donors (Lipinski definition) is 1. The van der Waals surface area contributed by atoms with Crippen LogP contribution in [0.3, 0.4) is 0 Å². The van der Waals surface area contributed by atoms with Crippen LogP contribution in [0.15, 0.2) is 36.4 Å². The van der Waals surface area contributed by atoms with E-state index in [0.717, 1.165) is 23.2 Å². The van der Waals surface area contributed by atoms with Crippen molar-refractivity contribution in [2.75, 3.05) is 7.05 Å². The summed E-state index contributed by atoms with van der Waals surface area (Å²) in [6.45, 7) is 0.788. The molecule has 0 aliphatic rings. The minimum atomic E-state index is 0.605. The summed E-state index contributed by atoms with van der Waals surface area (Å²) in [5.74, 6) is 0. The molecule has 0 aliphatic heterocycles. The zero-order valence-corrected chi connectivity index (χ0v) is 12.1. The van der Waals surface area contributed by atoms with Crippen LogP contribution in [0, 0.1) is 0 Å². The fraction of sp³-hybridized carbons (Fsp3) is 0.143. The molecule has 0 atom stereocenters. The molecule has 0 aliphatic carbocycles. The molecular weight excluding hydrogens is 289 g/mol. The molecule has 4 heteroatoms. The number of hydrogen-bond acceptors (Lipinski definition) is 1. The van der Waals surface area contributed by atoms with Crippen LogP contribution < -0.4 is 5.32 Å². The van der Waals surface area contributed by atoms with E-state index in [0.29, 0.717) is 15.1 Å². The van der Waals surface area contributed by atoms with Crippen molar-refractivity contribution in [3.63, 3.8) is 0 Å². The van der Waals surface area contributed by atoms with Gasteiger partial charge in [-0.05, 0) is 42.4 Å². The molecule has 0 heterocycles. The maximum Gasteiger partial charge on any atom is 0.0487 e. The molecule has 2 aromatic rings. The van der Waals surface area contributed by atoms with E-state index >= 15 is 0 Å². The van der Waals surface area contributed by atoms with Gasteiger partial charge in [0.1, 0.15) is 0 Å². The lowest BCUT2D eigenvalue weighted by Crippen LogP contribution is -2.04. The minimum absolute atomic E-state index is 0.605. The van der Waals surface area contributed by atoms with Gasteiger partial charge in [-0.15, -0.1) is 0 Å². The van der Waals surface area contributed by atoms with E-state index in [2.05, 4.69) is 5.32 Å². The van der Waals surface area contributed by atoms with E-state index in [9.17, 15) is 0 Å². The summed E-state index contributed by atoms with van der Waals surface area (Å²) < 4.78 is 0. The van der Waals surface area contributed by atoms with Crippen LogP contribution in [0.25, 0.3) is 11.1 Å². The smallest absolute Gasteiger partial charge is 0.0487 e. The fourth-order valence-electron chi connectivity index (χ4n) is 1.82. The lowest BCUT2D eigenvalue weighted by atomic mass is 10.0. The molecule has 0 saturated heterocycles. The molecule has 0 unspecified atom stereocenters. The van der Waals surface area contributed by atoms with Gasteiger partial charge in [-0.25, -0.2) is 0 Å². The molecule has 2 aromatic carbocycles. The van der Waals surface area contributed by atoms with Crippen molar-refractivity contribution in [2.24, 2.45) is 0 Å². The second-order valence-corrected chi connectivity index (χ2v) is 5.28. The van der Waals surface area contributed by atoms with Crippen LogP contribution in [0.4, 0.5) is 0 Å². The number of nitrogens with one attached hydrogen (secondary N) is 1. The molecule has 18 heavy (non-hydrogen) atoms. The summed E-state index contributed by atoms with van der Waals surface area (Å²) >= 11 is 18.3. The predicted molar refractivity (Wildman–Crippen MR) is 79.7 cm³/mol. The Morgan fingerprint density at radius 1 is 0.944 bits per heavy atom. The zero-order chi connectivity index (χ0) is 13.1. The highest BCUT2D eigenvalue weighted by atomic mass is 35.5. The Labute approximate surface area is 122 Å². The lowest BCUT2D eigenvalue weighted by Gasteiger charge is -2.08. The summed E-state index contributed by atoms with van der Waals surface area (Å²) in [4.78, 5) is 0. The van der Waals surface area contributed by atoms with Crippen LogP contribution in [-0.2, 0) is 6.54 Å². The highest BCUT2D eigenvalue weighted by Crippen LogP contribution is 2.32. The molecule has 2 rings (SSSR count). The topological polar surface area (TPSA) is 12.0 Å². The van der Waals surface area contributed by atoms with Crippen LogP contribution in [0.1, 0.15) is 5.56 Å². The highest BCUT2D eigenvalue weighted by Gasteiger charge is 2.06. The molecule has 0 spiro atoms. The first-order valence-corrected chi connectivity index (χ1v) is 6.63. The summed E-state index contributed by atoms with van der Waals surface area (Å²) in [6, 6.07) is 11.4. The standard InChI is InChI=1S/C14H12Cl3N/c1-18-8-9-2-3-13(14(17)4-9)10-5-11(15)7-12(16)6-10/h2-7,18H,8H2,1H3. The second kappa shape index (κ2) is 5.94. The zero-order valence-electron chi connectivity index (χ0n) is 9.81. The van der Waals surface area contributed by atoms with Gasteiger partial charge in [-0.1, -0.05) is 46.9 Å². The van der Waals surface area contributed by atoms with Crippen molar-refractivity contribution in [1.82, 2.24) is 5.32 Å². The maximum atomic E-state index is 6.29. The molecule has 0 bridgehead atoms. The van der Waals surface area contributed by atoms with Gasteiger partial charge < -0.3 is 5.32 Å². The van der Waals surface area contributed by atoms with Crippen LogP contribution in [-0.4, -0.2) is 7.05 Å². The normalized spacial score (nSPS) is 10.7. The molecule has 0 amide bonds. The van der Waals surface area contributed by atoms with E-state index in [1.54, 1.807) is 6.07 Å². The average molecular weight is 301 g/mol. The number of rotatable bonds is 3. The SMILES string of the molecule is CNCc1ccc(-c2cc(Cl)cc(Cl)c2)c(Cl)c1. The summed E-state index contributed by atoms with van der Waals surface area (Å²) in [6.07, 6.45) is 0. The van der Waals surface area contributed by atoms with Gasteiger partial charge in [0.2, 0.25) is 0 Å². The van der Waals surface area contributed by atoms with Crippen molar-refractivity contribution in [3.05, 3.63) is 57.0 Å². The molecule has 0 fully saturated rings. The van der Waals surface area contributed by atoms with E-state index < -0.39 is 0 Å². The van der Waals surface area contributed by atoms with Gasteiger partial charge in [-0.2, -0.15) is 0 Å². The van der Waals surface area contributed by atoms with Crippen molar-refractivity contribution in [1.29, 1.82) is 0 Å². The molecule has 94 valence electrons. The van der Waals surface area contributed by atoms with Crippen LogP contribution >= 0.6 is 34.8 Å². The van der Waals surface area contributed by atoms with E-state index in [1.807, 2.05) is 37.4 Å². The molecule has 1 N–H and O–H groups in total. The molecule has 0 aromatic heterocycles. The summed E-state index contributed by atoms with van der Waals surface area (Å²) in [5.41, 5.74) is 2.99. The largest absolute Gasteiger partial charge is 0.316 e. The quantitative estimate of drug-likeness (QED) is 0.838. The molecule has 0 saturated carbocycles. The average Bonchev–Trinajstić information content (AvgIpc) is 2.28. The Balaban J connectivity index is 2.44. The van der Waals surface area contributed by atoms with Gasteiger partial charge in [0.15, 0.2) is 0 Å². The first-order chi connectivity index (χ1) is 8.60. The third kappa shape index (κ3) is 3.18. The van der Waals surface area contributed by atoms with Gasteiger partial charge in [-0.3, -0.25) is 0 Å². The van der Waals surface area contributed by atoms with Gasteiger partial charge in [0, 0.05) is 27.2 Å². The first kappa shape index (κ1) is 13.7. The first-order valence-electron chi connectivity index (χ1n) is 5.49. The van der Waals surface area contributed by atoms with Gasteiger partial charge in [0.25, 0.3) is 0 Å². The second-order valence-electron chi connectivity index (χ2n) is 4.00.